The first kappa shape index (κ1) is 12.9. The SMILES string of the molecule is Cc1nn(C(C)C)c(Sc2nnc(C)n2C)c1N. The number of hydrogen-bond acceptors (Lipinski definition) is 5. The van der Waals surface area contributed by atoms with Gasteiger partial charge in [0.25, 0.3) is 0 Å². The van der Waals surface area contributed by atoms with E-state index in [0.717, 1.165) is 21.7 Å². The van der Waals surface area contributed by atoms with E-state index in [9.17, 15) is 0 Å². The fourth-order valence-corrected chi connectivity index (χ4v) is 2.68. The van der Waals surface area contributed by atoms with Gasteiger partial charge in [-0.3, -0.25) is 4.68 Å². The van der Waals surface area contributed by atoms with Crippen molar-refractivity contribution >= 4 is 17.4 Å². The minimum absolute atomic E-state index is 0.262. The fourth-order valence-electron chi connectivity index (χ4n) is 1.55. The van der Waals surface area contributed by atoms with Gasteiger partial charge in [0.1, 0.15) is 10.9 Å². The number of aryl methyl sites for hydroxylation is 2. The van der Waals surface area contributed by atoms with Gasteiger partial charge in [-0.15, -0.1) is 10.2 Å². The van der Waals surface area contributed by atoms with E-state index in [1.54, 1.807) is 0 Å². The van der Waals surface area contributed by atoms with Crippen molar-refractivity contribution in [2.75, 3.05) is 5.73 Å². The predicted octanol–water partition coefficient (Wildman–Crippen LogP) is 1.94. The maximum absolute atomic E-state index is 6.08. The van der Waals surface area contributed by atoms with Crippen LogP contribution in [0.15, 0.2) is 10.2 Å². The molecular weight excluding hydrogens is 248 g/mol. The number of nitrogens with zero attached hydrogens (tertiary/aromatic N) is 5. The molecule has 0 aliphatic heterocycles. The minimum Gasteiger partial charge on any atom is -0.395 e. The minimum atomic E-state index is 0.262. The highest BCUT2D eigenvalue weighted by atomic mass is 32.2. The van der Waals surface area contributed by atoms with Crippen LogP contribution in [0.25, 0.3) is 0 Å². The van der Waals surface area contributed by atoms with Gasteiger partial charge >= 0.3 is 0 Å². The number of nitrogen functional groups attached to an aromatic ring is 1. The maximum Gasteiger partial charge on any atom is 0.197 e. The van der Waals surface area contributed by atoms with Crippen molar-refractivity contribution in [1.29, 1.82) is 0 Å². The highest BCUT2D eigenvalue weighted by Crippen LogP contribution is 2.34. The number of nitrogens with two attached hydrogens (primary N) is 1. The molecule has 0 radical (unpaired) electrons. The zero-order chi connectivity index (χ0) is 13.4. The average Bonchev–Trinajstić information content (AvgIpc) is 2.77. The molecular formula is C11H18N6S. The van der Waals surface area contributed by atoms with Gasteiger partial charge < -0.3 is 10.3 Å². The first-order valence-corrected chi connectivity index (χ1v) is 6.62. The Bertz CT molecular complexity index is 568. The quantitative estimate of drug-likeness (QED) is 0.919. The summed E-state index contributed by atoms with van der Waals surface area (Å²) in [4.78, 5) is 0. The van der Waals surface area contributed by atoms with Crippen molar-refractivity contribution in [3.05, 3.63) is 11.5 Å². The van der Waals surface area contributed by atoms with Crippen LogP contribution in [-0.2, 0) is 7.05 Å². The summed E-state index contributed by atoms with van der Waals surface area (Å²) in [6, 6.07) is 0.262. The third kappa shape index (κ3) is 2.10. The summed E-state index contributed by atoms with van der Waals surface area (Å²) in [6.07, 6.45) is 0. The van der Waals surface area contributed by atoms with Crippen LogP contribution in [0, 0.1) is 13.8 Å². The summed E-state index contributed by atoms with van der Waals surface area (Å²) in [6.45, 7) is 8.00. The lowest BCUT2D eigenvalue weighted by atomic mass is 10.4. The van der Waals surface area contributed by atoms with Crippen LogP contribution in [0.2, 0.25) is 0 Å². The molecule has 0 aromatic carbocycles. The second-order valence-corrected chi connectivity index (χ2v) is 5.49. The second-order valence-electron chi connectivity index (χ2n) is 4.53. The van der Waals surface area contributed by atoms with Crippen LogP contribution in [0.3, 0.4) is 0 Å². The van der Waals surface area contributed by atoms with Crippen LogP contribution in [0.4, 0.5) is 5.69 Å². The summed E-state index contributed by atoms with van der Waals surface area (Å²) in [5.74, 6) is 0.878. The molecule has 2 aromatic heterocycles. The van der Waals surface area contributed by atoms with E-state index < -0.39 is 0 Å². The van der Waals surface area contributed by atoms with E-state index in [-0.39, 0.29) is 6.04 Å². The summed E-state index contributed by atoms with van der Waals surface area (Å²) in [5.41, 5.74) is 7.65. The summed E-state index contributed by atoms with van der Waals surface area (Å²) >= 11 is 1.50. The summed E-state index contributed by atoms with van der Waals surface area (Å²) < 4.78 is 3.87. The van der Waals surface area contributed by atoms with Crippen LogP contribution in [-0.4, -0.2) is 24.5 Å². The van der Waals surface area contributed by atoms with Crippen LogP contribution in [0.1, 0.15) is 31.4 Å². The van der Waals surface area contributed by atoms with Crippen molar-refractivity contribution < 1.29 is 0 Å². The lowest BCUT2D eigenvalue weighted by Crippen LogP contribution is -2.05. The topological polar surface area (TPSA) is 74.5 Å². The van der Waals surface area contributed by atoms with E-state index in [4.69, 9.17) is 5.73 Å². The van der Waals surface area contributed by atoms with Crippen molar-refractivity contribution in [3.63, 3.8) is 0 Å². The molecule has 0 bridgehead atoms. The van der Waals surface area contributed by atoms with Crippen molar-refractivity contribution in [1.82, 2.24) is 24.5 Å². The van der Waals surface area contributed by atoms with Gasteiger partial charge in [-0.1, -0.05) is 0 Å². The Labute approximate surface area is 111 Å². The molecule has 6 nitrogen and oxygen atoms in total. The highest BCUT2D eigenvalue weighted by molar-refractivity contribution is 7.99. The maximum atomic E-state index is 6.08. The Hall–Kier alpha value is -1.50. The zero-order valence-electron chi connectivity index (χ0n) is 11.3. The molecule has 0 fully saturated rings. The van der Waals surface area contributed by atoms with E-state index in [1.807, 2.05) is 30.1 Å². The number of rotatable bonds is 3. The third-order valence-corrected chi connectivity index (χ3v) is 3.95. The molecule has 0 saturated carbocycles. The lowest BCUT2D eigenvalue weighted by Gasteiger charge is -2.10. The number of hydrogen-bond donors (Lipinski definition) is 1. The summed E-state index contributed by atoms with van der Waals surface area (Å²) in [5, 5.41) is 14.4. The molecule has 0 saturated heterocycles. The van der Waals surface area contributed by atoms with Gasteiger partial charge in [0.15, 0.2) is 5.16 Å². The average molecular weight is 266 g/mol. The number of anilines is 1. The van der Waals surface area contributed by atoms with Gasteiger partial charge in [0.2, 0.25) is 0 Å². The van der Waals surface area contributed by atoms with Gasteiger partial charge in [0, 0.05) is 13.1 Å². The monoisotopic (exact) mass is 266 g/mol. The van der Waals surface area contributed by atoms with E-state index in [1.165, 1.54) is 11.8 Å². The Balaban J connectivity index is 2.42. The predicted molar refractivity (Wildman–Crippen MR) is 71.6 cm³/mol. The van der Waals surface area contributed by atoms with Crippen molar-refractivity contribution in [2.45, 2.75) is 43.9 Å². The molecule has 0 spiro atoms. The molecule has 7 heteroatoms. The molecule has 98 valence electrons. The Morgan fingerprint density at radius 1 is 1.22 bits per heavy atom. The van der Waals surface area contributed by atoms with Crippen molar-refractivity contribution in [3.8, 4) is 0 Å². The van der Waals surface area contributed by atoms with Gasteiger partial charge in [-0.2, -0.15) is 5.10 Å². The Morgan fingerprint density at radius 2 is 1.89 bits per heavy atom. The molecule has 2 aromatic rings. The first-order valence-electron chi connectivity index (χ1n) is 5.80. The molecule has 0 aliphatic carbocycles. The molecule has 2 N–H and O–H groups in total. The summed E-state index contributed by atoms with van der Waals surface area (Å²) in [7, 11) is 1.94. The van der Waals surface area contributed by atoms with E-state index in [2.05, 4.69) is 29.1 Å². The molecule has 2 heterocycles. The van der Waals surface area contributed by atoms with Crippen molar-refractivity contribution in [2.24, 2.45) is 7.05 Å². The normalized spacial score (nSPS) is 11.4. The standard InChI is InChI=1S/C11H18N6S/c1-6(2)17-10(9(12)7(3)15-17)18-11-14-13-8(4)16(11)5/h6H,12H2,1-5H3. The van der Waals surface area contributed by atoms with E-state index in [0.29, 0.717) is 5.69 Å². The zero-order valence-corrected chi connectivity index (χ0v) is 12.1. The smallest absolute Gasteiger partial charge is 0.197 e. The van der Waals surface area contributed by atoms with Gasteiger partial charge in [0.05, 0.1) is 11.4 Å². The van der Waals surface area contributed by atoms with Crippen LogP contribution < -0.4 is 5.73 Å². The molecule has 0 unspecified atom stereocenters. The largest absolute Gasteiger partial charge is 0.395 e. The lowest BCUT2D eigenvalue weighted by molar-refractivity contribution is 0.490. The molecule has 2 rings (SSSR count). The molecule has 0 aliphatic rings. The molecule has 0 amide bonds. The van der Waals surface area contributed by atoms with E-state index >= 15 is 0 Å². The number of aromatic nitrogens is 5. The van der Waals surface area contributed by atoms with Crippen LogP contribution >= 0.6 is 11.8 Å². The second kappa shape index (κ2) is 4.64. The van der Waals surface area contributed by atoms with Crippen LogP contribution in [0.5, 0.6) is 0 Å². The Kier molecular flexibility index (Phi) is 3.34. The van der Waals surface area contributed by atoms with Gasteiger partial charge in [-0.25, -0.2) is 0 Å². The molecule has 0 atom stereocenters. The molecule has 18 heavy (non-hydrogen) atoms. The third-order valence-electron chi connectivity index (χ3n) is 2.82. The highest BCUT2D eigenvalue weighted by Gasteiger charge is 2.18. The Morgan fingerprint density at radius 3 is 2.39 bits per heavy atom. The van der Waals surface area contributed by atoms with Gasteiger partial charge in [-0.05, 0) is 39.5 Å². The first-order chi connectivity index (χ1) is 8.41. The fraction of sp³-hybridized carbons (Fsp3) is 0.545.